The van der Waals surface area contributed by atoms with Crippen LogP contribution in [0.1, 0.15) is 22.9 Å². The van der Waals surface area contributed by atoms with Crippen molar-refractivity contribution in [3.8, 4) is 0 Å². The Morgan fingerprint density at radius 1 is 1.21 bits per heavy atom. The van der Waals surface area contributed by atoms with Crippen LogP contribution in [0.3, 0.4) is 0 Å². The van der Waals surface area contributed by atoms with Gasteiger partial charge in [-0.1, -0.05) is 12.1 Å². The predicted molar refractivity (Wildman–Crippen MR) is 64.3 cm³/mol. The molecule has 0 aliphatic heterocycles. The van der Waals surface area contributed by atoms with Crippen molar-refractivity contribution in [1.82, 2.24) is 5.43 Å². The number of rotatable bonds is 3. The number of hydrogen-bond acceptors (Lipinski definition) is 3. The first-order valence-corrected chi connectivity index (χ1v) is 5.68. The fourth-order valence-corrected chi connectivity index (χ4v) is 1.87. The van der Waals surface area contributed by atoms with E-state index in [0.29, 0.717) is 11.3 Å². The van der Waals surface area contributed by atoms with Gasteiger partial charge < -0.3 is 4.42 Å². The Morgan fingerprint density at radius 2 is 1.95 bits per heavy atom. The molecule has 0 spiro atoms. The first-order valence-electron chi connectivity index (χ1n) is 5.30. The summed E-state index contributed by atoms with van der Waals surface area (Å²) in [5, 5.41) is 0.141. The first-order chi connectivity index (χ1) is 8.91. The number of hydrazine groups is 1. The molecule has 3 nitrogen and oxygen atoms in total. The Morgan fingerprint density at radius 3 is 2.47 bits per heavy atom. The van der Waals surface area contributed by atoms with E-state index in [-0.39, 0.29) is 5.22 Å². The van der Waals surface area contributed by atoms with Crippen LogP contribution in [0.25, 0.3) is 0 Å². The molecule has 19 heavy (non-hydrogen) atoms. The minimum Gasteiger partial charge on any atom is -0.448 e. The molecular weight excluding hydrogens is 281 g/mol. The number of halogens is 4. The van der Waals surface area contributed by atoms with Crippen molar-refractivity contribution in [3.63, 3.8) is 0 Å². The summed E-state index contributed by atoms with van der Waals surface area (Å²) in [4.78, 5) is 0. The van der Waals surface area contributed by atoms with Crippen LogP contribution >= 0.6 is 11.6 Å². The highest BCUT2D eigenvalue weighted by molar-refractivity contribution is 6.28. The van der Waals surface area contributed by atoms with Crippen molar-refractivity contribution in [1.29, 1.82) is 0 Å². The van der Waals surface area contributed by atoms with E-state index in [1.165, 1.54) is 18.2 Å². The van der Waals surface area contributed by atoms with Gasteiger partial charge in [0.25, 0.3) is 0 Å². The molecule has 0 bridgehead atoms. The zero-order valence-corrected chi connectivity index (χ0v) is 10.3. The van der Waals surface area contributed by atoms with Crippen LogP contribution in [0.2, 0.25) is 5.22 Å². The van der Waals surface area contributed by atoms with Gasteiger partial charge >= 0.3 is 6.18 Å². The number of benzene rings is 1. The third-order valence-electron chi connectivity index (χ3n) is 2.59. The first kappa shape index (κ1) is 13.9. The molecule has 1 heterocycles. The van der Waals surface area contributed by atoms with Gasteiger partial charge in [0.1, 0.15) is 11.8 Å². The van der Waals surface area contributed by atoms with Gasteiger partial charge in [-0.2, -0.15) is 13.2 Å². The molecule has 0 amide bonds. The molecule has 102 valence electrons. The molecule has 1 atom stereocenters. The van der Waals surface area contributed by atoms with Crippen LogP contribution in [0.4, 0.5) is 13.2 Å². The molecule has 0 radical (unpaired) electrons. The molecule has 0 fully saturated rings. The maximum Gasteiger partial charge on any atom is 0.416 e. The molecular formula is C12H10ClF3N2O. The number of nitrogens with two attached hydrogens (primary N) is 1. The second kappa shape index (κ2) is 5.24. The summed E-state index contributed by atoms with van der Waals surface area (Å²) in [7, 11) is 0. The lowest BCUT2D eigenvalue weighted by Gasteiger charge is -2.15. The Balaban J connectivity index is 2.39. The van der Waals surface area contributed by atoms with Crippen molar-refractivity contribution >= 4 is 11.6 Å². The van der Waals surface area contributed by atoms with Crippen LogP contribution in [-0.4, -0.2) is 0 Å². The van der Waals surface area contributed by atoms with Crippen LogP contribution in [0, 0.1) is 0 Å². The average Bonchev–Trinajstić information content (AvgIpc) is 2.76. The summed E-state index contributed by atoms with van der Waals surface area (Å²) in [6.45, 7) is 0. The van der Waals surface area contributed by atoms with Crippen molar-refractivity contribution in [3.05, 3.63) is 58.5 Å². The second-order valence-electron chi connectivity index (χ2n) is 3.86. The Labute approximate surface area is 112 Å². The van der Waals surface area contributed by atoms with Crippen LogP contribution in [0.15, 0.2) is 40.8 Å². The van der Waals surface area contributed by atoms with E-state index in [4.69, 9.17) is 21.9 Å². The number of hydrogen-bond donors (Lipinski definition) is 2. The molecule has 2 rings (SSSR count). The fraction of sp³-hybridized carbons (Fsp3) is 0.167. The zero-order chi connectivity index (χ0) is 14.0. The van der Waals surface area contributed by atoms with Gasteiger partial charge in [-0.25, -0.2) is 5.43 Å². The van der Waals surface area contributed by atoms with E-state index < -0.39 is 17.8 Å². The maximum absolute atomic E-state index is 12.6. The van der Waals surface area contributed by atoms with E-state index in [9.17, 15) is 13.2 Å². The third-order valence-corrected chi connectivity index (χ3v) is 2.80. The molecule has 0 saturated carbocycles. The monoisotopic (exact) mass is 290 g/mol. The summed E-state index contributed by atoms with van der Waals surface area (Å²) >= 11 is 5.64. The lowest BCUT2D eigenvalue weighted by Crippen LogP contribution is -2.28. The smallest absolute Gasteiger partial charge is 0.416 e. The van der Waals surface area contributed by atoms with Gasteiger partial charge in [0.05, 0.1) is 5.56 Å². The minimum atomic E-state index is -4.41. The molecule has 0 aliphatic carbocycles. The number of nitrogens with one attached hydrogen (secondary N) is 1. The zero-order valence-electron chi connectivity index (χ0n) is 9.54. The predicted octanol–water partition coefficient (Wildman–Crippen LogP) is 3.50. The Bertz CT molecular complexity index is 568. The van der Waals surface area contributed by atoms with Crippen molar-refractivity contribution < 1.29 is 17.6 Å². The highest BCUT2D eigenvalue weighted by Gasteiger charge is 2.31. The van der Waals surface area contributed by atoms with Crippen molar-refractivity contribution in [2.24, 2.45) is 5.84 Å². The third kappa shape index (κ3) is 3.09. The number of furan rings is 1. The standard InChI is InChI=1S/C12H10ClF3N2O/c13-10-5-4-9(19-10)11(18-17)7-2-1-3-8(6-7)12(14,15)16/h1-6,11,18H,17H2. The lowest BCUT2D eigenvalue weighted by atomic mass is 10.0. The molecule has 3 N–H and O–H groups in total. The lowest BCUT2D eigenvalue weighted by molar-refractivity contribution is -0.137. The molecule has 1 aromatic carbocycles. The summed E-state index contributed by atoms with van der Waals surface area (Å²) in [5.74, 6) is 5.71. The topological polar surface area (TPSA) is 51.2 Å². The highest BCUT2D eigenvalue weighted by atomic mass is 35.5. The van der Waals surface area contributed by atoms with Crippen molar-refractivity contribution in [2.75, 3.05) is 0 Å². The summed E-state index contributed by atoms with van der Waals surface area (Å²) in [6.07, 6.45) is -4.41. The molecule has 1 unspecified atom stereocenters. The molecule has 0 aliphatic rings. The van der Waals surface area contributed by atoms with E-state index in [0.717, 1.165) is 12.1 Å². The van der Waals surface area contributed by atoms with E-state index in [1.54, 1.807) is 6.07 Å². The normalized spacial score (nSPS) is 13.5. The summed E-state index contributed by atoms with van der Waals surface area (Å²) in [5.41, 5.74) is 2.00. The Hall–Kier alpha value is -1.50. The molecule has 0 saturated heterocycles. The van der Waals surface area contributed by atoms with Gasteiger partial charge in [-0.3, -0.25) is 5.84 Å². The second-order valence-corrected chi connectivity index (χ2v) is 4.24. The largest absolute Gasteiger partial charge is 0.448 e. The van der Waals surface area contributed by atoms with Gasteiger partial charge in [0.15, 0.2) is 5.22 Å². The van der Waals surface area contributed by atoms with Crippen LogP contribution in [-0.2, 0) is 6.18 Å². The minimum absolute atomic E-state index is 0.141. The fourth-order valence-electron chi connectivity index (χ4n) is 1.72. The van der Waals surface area contributed by atoms with E-state index in [2.05, 4.69) is 5.43 Å². The summed E-state index contributed by atoms with van der Waals surface area (Å²) in [6, 6.07) is 7.19. The molecule has 7 heteroatoms. The van der Waals surface area contributed by atoms with Crippen molar-refractivity contribution in [2.45, 2.75) is 12.2 Å². The van der Waals surface area contributed by atoms with E-state index in [1.807, 2.05) is 0 Å². The number of alkyl halides is 3. The van der Waals surface area contributed by atoms with Crippen LogP contribution < -0.4 is 11.3 Å². The quantitative estimate of drug-likeness (QED) is 0.672. The SMILES string of the molecule is NNC(c1cccc(C(F)(F)F)c1)c1ccc(Cl)o1. The molecule has 2 aromatic rings. The van der Waals surface area contributed by atoms with Gasteiger partial charge in [0, 0.05) is 0 Å². The van der Waals surface area contributed by atoms with Gasteiger partial charge in [0.2, 0.25) is 0 Å². The summed E-state index contributed by atoms with van der Waals surface area (Å²) < 4.78 is 43.1. The van der Waals surface area contributed by atoms with Crippen LogP contribution in [0.5, 0.6) is 0 Å². The van der Waals surface area contributed by atoms with Gasteiger partial charge in [-0.05, 0) is 41.4 Å². The average molecular weight is 291 g/mol. The maximum atomic E-state index is 12.6. The Kier molecular flexibility index (Phi) is 3.84. The van der Waals surface area contributed by atoms with Gasteiger partial charge in [-0.15, -0.1) is 0 Å². The molecule has 1 aromatic heterocycles. The highest BCUT2D eigenvalue weighted by Crippen LogP contribution is 2.32. The van der Waals surface area contributed by atoms with E-state index >= 15 is 0 Å².